The fraction of sp³-hybridized carbons (Fsp3) is 0.632. The van der Waals surface area contributed by atoms with Crippen molar-refractivity contribution in [2.24, 2.45) is 0 Å². The maximum absolute atomic E-state index is 12.7. The van der Waals surface area contributed by atoms with Crippen molar-refractivity contribution in [1.29, 1.82) is 0 Å². The molecule has 2 aromatic rings. The second-order valence-corrected chi connectivity index (χ2v) is 7.89. The molecule has 0 aromatic carbocycles. The van der Waals surface area contributed by atoms with E-state index in [9.17, 15) is 9.59 Å². The summed E-state index contributed by atoms with van der Waals surface area (Å²) in [6, 6.07) is 0.0543. The minimum atomic E-state index is -0.384. The van der Waals surface area contributed by atoms with Gasteiger partial charge in [0.2, 0.25) is 0 Å². The molecule has 0 bridgehead atoms. The number of ether oxygens (including phenoxy) is 1. The van der Waals surface area contributed by atoms with Gasteiger partial charge in [-0.25, -0.2) is 9.78 Å². The van der Waals surface area contributed by atoms with Gasteiger partial charge in [0.15, 0.2) is 0 Å². The van der Waals surface area contributed by atoms with Crippen LogP contribution in [0.5, 0.6) is 0 Å². The van der Waals surface area contributed by atoms with Crippen molar-refractivity contribution in [2.75, 3.05) is 19.7 Å². The Morgan fingerprint density at radius 1 is 1.27 bits per heavy atom. The van der Waals surface area contributed by atoms with Crippen LogP contribution in [-0.4, -0.2) is 40.5 Å². The van der Waals surface area contributed by atoms with Crippen molar-refractivity contribution in [3.8, 4) is 0 Å². The zero-order chi connectivity index (χ0) is 18.7. The van der Waals surface area contributed by atoms with E-state index in [0.717, 1.165) is 13.1 Å². The van der Waals surface area contributed by atoms with Crippen LogP contribution in [0.2, 0.25) is 0 Å². The van der Waals surface area contributed by atoms with Crippen LogP contribution in [0.25, 0.3) is 10.2 Å². The average Bonchev–Trinajstić information content (AvgIpc) is 2.91. The first-order valence-electron chi connectivity index (χ1n) is 9.47. The van der Waals surface area contributed by atoms with Crippen LogP contribution in [-0.2, 0) is 4.74 Å². The number of nitrogens with one attached hydrogen (secondary N) is 1. The normalized spacial score (nSPS) is 17.7. The van der Waals surface area contributed by atoms with Crippen molar-refractivity contribution in [2.45, 2.75) is 58.9 Å². The van der Waals surface area contributed by atoms with E-state index >= 15 is 0 Å². The van der Waals surface area contributed by atoms with Gasteiger partial charge in [-0.15, -0.1) is 11.3 Å². The largest absolute Gasteiger partial charge is 0.462 e. The fourth-order valence-electron chi connectivity index (χ4n) is 3.58. The Labute approximate surface area is 157 Å². The molecule has 1 atom stereocenters. The highest BCUT2D eigenvalue weighted by Gasteiger charge is 2.23. The van der Waals surface area contributed by atoms with Crippen molar-refractivity contribution < 1.29 is 9.53 Å². The lowest BCUT2D eigenvalue weighted by molar-refractivity contribution is 0.0531. The molecule has 1 aliphatic rings. The molecule has 0 unspecified atom stereocenters. The predicted octanol–water partition coefficient (Wildman–Crippen LogP) is 3.80. The third kappa shape index (κ3) is 3.83. The standard InChI is InChI=1S/C19H27N3O3S/c1-4-25-19(24)15-12(2)14-17(23)20-16(21-18(14)26-15)13(3)22-10-8-6-5-7-9-11-22/h13H,4-11H2,1-3H3,(H,20,21,23)/t13-/m1/s1. The molecule has 1 N–H and O–H groups in total. The van der Waals surface area contributed by atoms with Crippen molar-refractivity contribution in [1.82, 2.24) is 14.9 Å². The Bertz CT molecular complexity index is 834. The summed E-state index contributed by atoms with van der Waals surface area (Å²) in [4.78, 5) is 35.9. The van der Waals surface area contributed by atoms with Crippen LogP contribution in [0, 0.1) is 6.92 Å². The zero-order valence-electron chi connectivity index (χ0n) is 15.8. The van der Waals surface area contributed by atoms with Gasteiger partial charge in [-0.1, -0.05) is 19.3 Å². The number of aromatic amines is 1. The summed E-state index contributed by atoms with van der Waals surface area (Å²) >= 11 is 1.25. The first-order valence-corrected chi connectivity index (χ1v) is 10.3. The second-order valence-electron chi connectivity index (χ2n) is 6.89. The molecule has 0 spiro atoms. The third-order valence-corrected chi connectivity index (χ3v) is 6.28. The summed E-state index contributed by atoms with van der Waals surface area (Å²) in [7, 11) is 0. The van der Waals surface area contributed by atoms with Gasteiger partial charge < -0.3 is 9.72 Å². The molecule has 0 radical (unpaired) electrons. The van der Waals surface area contributed by atoms with Crippen LogP contribution < -0.4 is 5.56 Å². The number of hydrogen-bond donors (Lipinski definition) is 1. The summed E-state index contributed by atoms with van der Waals surface area (Å²) in [5.74, 6) is 0.297. The summed E-state index contributed by atoms with van der Waals surface area (Å²) in [6.07, 6.45) is 6.21. The molecule has 0 aliphatic carbocycles. The number of aryl methyl sites for hydroxylation is 1. The number of thiophene rings is 1. The number of rotatable bonds is 4. The molecule has 1 saturated heterocycles. The molecule has 3 rings (SSSR count). The van der Waals surface area contributed by atoms with Crippen molar-refractivity contribution in [3.05, 3.63) is 26.6 Å². The monoisotopic (exact) mass is 377 g/mol. The van der Waals surface area contributed by atoms with Gasteiger partial charge >= 0.3 is 5.97 Å². The smallest absolute Gasteiger partial charge is 0.348 e. The molecular weight excluding hydrogens is 350 g/mol. The van der Waals surface area contributed by atoms with Gasteiger partial charge in [0, 0.05) is 0 Å². The molecule has 0 saturated carbocycles. The molecule has 142 valence electrons. The first kappa shape index (κ1) is 19.0. The van der Waals surface area contributed by atoms with E-state index < -0.39 is 0 Å². The average molecular weight is 378 g/mol. The Morgan fingerprint density at radius 3 is 2.58 bits per heavy atom. The molecule has 26 heavy (non-hydrogen) atoms. The van der Waals surface area contributed by atoms with Gasteiger partial charge in [-0.3, -0.25) is 9.69 Å². The lowest BCUT2D eigenvalue weighted by Gasteiger charge is -2.29. The van der Waals surface area contributed by atoms with Gasteiger partial charge in [-0.2, -0.15) is 0 Å². The van der Waals surface area contributed by atoms with E-state index in [4.69, 9.17) is 9.72 Å². The Hall–Kier alpha value is -1.73. The zero-order valence-corrected chi connectivity index (χ0v) is 16.6. The fourth-order valence-corrected chi connectivity index (χ4v) is 4.66. The van der Waals surface area contributed by atoms with E-state index in [-0.39, 0.29) is 17.6 Å². The number of likely N-dealkylation sites (tertiary alicyclic amines) is 1. The lowest BCUT2D eigenvalue weighted by atomic mass is 10.1. The highest BCUT2D eigenvalue weighted by atomic mass is 32.1. The highest BCUT2D eigenvalue weighted by Crippen LogP contribution is 2.29. The minimum absolute atomic E-state index is 0.0543. The number of carbonyl (C=O) groups is 1. The van der Waals surface area contributed by atoms with Crippen LogP contribution >= 0.6 is 11.3 Å². The number of hydrogen-bond acceptors (Lipinski definition) is 6. The summed E-state index contributed by atoms with van der Waals surface area (Å²) in [6.45, 7) is 8.02. The second kappa shape index (κ2) is 8.31. The lowest BCUT2D eigenvalue weighted by Crippen LogP contribution is -2.32. The molecule has 3 heterocycles. The van der Waals surface area contributed by atoms with Crippen LogP contribution in [0.1, 0.15) is 73.1 Å². The molecule has 6 nitrogen and oxygen atoms in total. The third-order valence-electron chi connectivity index (χ3n) is 5.11. The number of fused-ring (bicyclic) bond motifs is 1. The number of esters is 1. The molecule has 0 amide bonds. The summed E-state index contributed by atoms with van der Waals surface area (Å²) in [5.41, 5.74) is 0.482. The Morgan fingerprint density at radius 2 is 1.92 bits per heavy atom. The number of aromatic nitrogens is 2. The molecule has 1 aliphatic heterocycles. The Kier molecular flexibility index (Phi) is 6.09. The SMILES string of the molecule is CCOC(=O)c1sc2nc([C@@H](C)N3CCCCCCC3)[nH]c(=O)c2c1C. The van der Waals surface area contributed by atoms with Crippen molar-refractivity contribution in [3.63, 3.8) is 0 Å². The van der Waals surface area contributed by atoms with E-state index in [0.29, 0.717) is 33.1 Å². The summed E-state index contributed by atoms with van der Waals surface area (Å²) < 4.78 is 5.10. The molecule has 7 heteroatoms. The highest BCUT2D eigenvalue weighted by molar-refractivity contribution is 7.20. The van der Waals surface area contributed by atoms with Gasteiger partial charge in [0.25, 0.3) is 5.56 Å². The predicted molar refractivity (Wildman–Crippen MR) is 104 cm³/mol. The van der Waals surface area contributed by atoms with E-state index in [1.807, 2.05) is 0 Å². The summed E-state index contributed by atoms with van der Waals surface area (Å²) in [5, 5.41) is 0.502. The maximum Gasteiger partial charge on any atom is 0.348 e. The maximum atomic E-state index is 12.7. The van der Waals surface area contributed by atoms with Crippen LogP contribution in [0.3, 0.4) is 0 Å². The van der Waals surface area contributed by atoms with Crippen LogP contribution in [0.15, 0.2) is 4.79 Å². The molecule has 1 fully saturated rings. The van der Waals surface area contributed by atoms with Crippen molar-refractivity contribution >= 4 is 27.5 Å². The van der Waals surface area contributed by atoms with Gasteiger partial charge in [-0.05, 0) is 52.3 Å². The quantitative estimate of drug-likeness (QED) is 0.820. The number of nitrogens with zero attached hydrogens (tertiary/aromatic N) is 2. The topological polar surface area (TPSA) is 75.3 Å². The van der Waals surface area contributed by atoms with E-state index in [1.165, 1.54) is 43.4 Å². The number of carbonyl (C=O) groups excluding carboxylic acids is 1. The van der Waals surface area contributed by atoms with E-state index in [2.05, 4.69) is 16.8 Å². The van der Waals surface area contributed by atoms with Crippen LogP contribution in [0.4, 0.5) is 0 Å². The molecular formula is C19H27N3O3S. The van der Waals surface area contributed by atoms with Gasteiger partial charge in [0.05, 0.1) is 18.0 Å². The minimum Gasteiger partial charge on any atom is -0.462 e. The number of H-pyrrole nitrogens is 1. The molecule has 2 aromatic heterocycles. The van der Waals surface area contributed by atoms with E-state index in [1.54, 1.807) is 13.8 Å². The van der Waals surface area contributed by atoms with Gasteiger partial charge in [0.1, 0.15) is 15.5 Å². The Balaban J connectivity index is 1.94. The first-order chi connectivity index (χ1) is 12.5.